The molecule has 3 rings (SSSR count). The second-order valence-corrected chi connectivity index (χ2v) is 8.85. The zero-order chi connectivity index (χ0) is 19.4. The van der Waals surface area contributed by atoms with Crippen LogP contribution in [0.15, 0.2) is 24.3 Å². The number of anilines is 1. The number of nitrogens with one attached hydrogen (secondary N) is 2. The molecule has 1 aliphatic heterocycles. The Bertz CT molecular complexity index is 663. The Hall–Kier alpha value is -1.59. The molecular formula is C22H33ClN2O3. The fraction of sp³-hybridized carbons (Fsp3) is 0.636. The quantitative estimate of drug-likeness (QED) is 0.716. The van der Waals surface area contributed by atoms with Crippen molar-refractivity contribution in [2.75, 3.05) is 11.9 Å². The molecule has 1 aromatic rings. The van der Waals surface area contributed by atoms with Crippen LogP contribution < -0.4 is 10.6 Å². The number of ether oxygens (including phenoxy) is 1. The van der Waals surface area contributed by atoms with Crippen molar-refractivity contribution in [1.29, 1.82) is 0 Å². The molecule has 0 radical (unpaired) electrons. The fourth-order valence-corrected chi connectivity index (χ4v) is 4.33. The summed E-state index contributed by atoms with van der Waals surface area (Å²) in [6.45, 7) is 6.45. The van der Waals surface area contributed by atoms with Crippen molar-refractivity contribution >= 4 is 30.0 Å². The Kier molecular flexibility index (Phi) is 7.90. The first kappa shape index (κ1) is 22.7. The second kappa shape index (κ2) is 9.75. The number of amides is 1. The molecule has 1 aliphatic carbocycles. The van der Waals surface area contributed by atoms with Gasteiger partial charge in [0, 0.05) is 5.69 Å². The summed E-state index contributed by atoms with van der Waals surface area (Å²) in [6.07, 6.45) is 7.50. The van der Waals surface area contributed by atoms with E-state index in [9.17, 15) is 9.59 Å². The van der Waals surface area contributed by atoms with Gasteiger partial charge in [-0.2, -0.15) is 0 Å². The van der Waals surface area contributed by atoms with Crippen LogP contribution in [0.2, 0.25) is 0 Å². The highest BCUT2D eigenvalue weighted by molar-refractivity contribution is 5.96. The molecule has 5 nitrogen and oxygen atoms in total. The Labute approximate surface area is 174 Å². The van der Waals surface area contributed by atoms with E-state index in [4.69, 9.17) is 4.74 Å². The Morgan fingerprint density at radius 1 is 1.04 bits per heavy atom. The van der Waals surface area contributed by atoms with Crippen molar-refractivity contribution in [3.8, 4) is 0 Å². The third kappa shape index (κ3) is 5.95. The molecule has 156 valence electrons. The smallest absolute Gasteiger partial charge is 0.338 e. The van der Waals surface area contributed by atoms with Crippen molar-refractivity contribution in [3.63, 3.8) is 0 Å². The number of carbonyl (C=O) groups is 2. The van der Waals surface area contributed by atoms with Crippen LogP contribution in [0.4, 0.5) is 5.69 Å². The molecule has 1 heterocycles. The molecule has 0 unspecified atom stereocenters. The Morgan fingerprint density at radius 2 is 1.68 bits per heavy atom. The van der Waals surface area contributed by atoms with E-state index in [1.54, 1.807) is 24.3 Å². The highest BCUT2D eigenvalue weighted by Gasteiger charge is 2.38. The highest BCUT2D eigenvalue weighted by atomic mass is 35.5. The predicted octanol–water partition coefficient (Wildman–Crippen LogP) is 4.56. The molecule has 0 aromatic heterocycles. The van der Waals surface area contributed by atoms with Crippen LogP contribution in [-0.4, -0.2) is 30.1 Å². The number of hydrogen-bond donors (Lipinski definition) is 2. The zero-order valence-electron chi connectivity index (χ0n) is 17.1. The van der Waals surface area contributed by atoms with Gasteiger partial charge in [-0.05, 0) is 69.8 Å². The molecule has 2 atom stereocenters. The van der Waals surface area contributed by atoms with E-state index in [0.29, 0.717) is 23.1 Å². The molecule has 1 saturated carbocycles. The molecule has 1 amide bonds. The van der Waals surface area contributed by atoms with Crippen molar-refractivity contribution in [2.24, 2.45) is 11.8 Å². The van der Waals surface area contributed by atoms with Gasteiger partial charge in [0.2, 0.25) is 5.91 Å². The molecule has 1 saturated heterocycles. The maximum Gasteiger partial charge on any atom is 0.338 e. The van der Waals surface area contributed by atoms with Crippen molar-refractivity contribution < 1.29 is 14.3 Å². The topological polar surface area (TPSA) is 67.4 Å². The molecule has 6 heteroatoms. The lowest BCUT2D eigenvalue weighted by atomic mass is 9.76. The van der Waals surface area contributed by atoms with Gasteiger partial charge < -0.3 is 15.4 Å². The van der Waals surface area contributed by atoms with E-state index < -0.39 is 5.60 Å². The van der Waals surface area contributed by atoms with Gasteiger partial charge in [-0.25, -0.2) is 4.79 Å². The van der Waals surface area contributed by atoms with Crippen molar-refractivity contribution in [2.45, 2.75) is 70.9 Å². The van der Waals surface area contributed by atoms with E-state index in [1.807, 2.05) is 20.8 Å². The lowest BCUT2D eigenvalue weighted by molar-refractivity contribution is -0.119. The Morgan fingerprint density at radius 3 is 2.29 bits per heavy atom. The standard InChI is InChI=1S/C22H32N2O3.ClH/c1-22(2,3)27-21(26)16-9-11-17(12-10-16)24-20(25)19-18(13-14-23-19)15-7-5-4-6-8-15;/h9-12,15,18-19,23H,4-8,13-14H2,1-3H3,(H,24,25);1H/t18-,19+;/m0./s1. The molecule has 28 heavy (non-hydrogen) atoms. The highest BCUT2D eigenvalue weighted by Crippen LogP contribution is 2.36. The van der Waals surface area contributed by atoms with E-state index in [0.717, 1.165) is 13.0 Å². The minimum absolute atomic E-state index is 0. The van der Waals surface area contributed by atoms with Gasteiger partial charge in [0.25, 0.3) is 0 Å². The first-order valence-electron chi connectivity index (χ1n) is 10.2. The van der Waals surface area contributed by atoms with Crippen LogP contribution >= 0.6 is 12.4 Å². The maximum atomic E-state index is 12.8. The van der Waals surface area contributed by atoms with Crippen LogP contribution in [0.1, 0.15) is 69.7 Å². The third-order valence-corrected chi connectivity index (χ3v) is 5.59. The second-order valence-electron chi connectivity index (χ2n) is 8.85. The normalized spacial score (nSPS) is 23.0. The van der Waals surface area contributed by atoms with Crippen molar-refractivity contribution in [3.05, 3.63) is 29.8 Å². The maximum absolute atomic E-state index is 12.8. The van der Waals surface area contributed by atoms with Crippen LogP contribution in [0.3, 0.4) is 0 Å². The van der Waals surface area contributed by atoms with E-state index in [2.05, 4.69) is 10.6 Å². The predicted molar refractivity (Wildman–Crippen MR) is 114 cm³/mol. The summed E-state index contributed by atoms with van der Waals surface area (Å²) in [4.78, 5) is 24.9. The molecule has 1 aromatic carbocycles. The van der Waals surface area contributed by atoms with Crippen LogP contribution in [0.25, 0.3) is 0 Å². The lowest BCUT2D eigenvalue weighted by Gasteiger charge is -2.30. The minimum Gasteiger partial charge on any atom is -0.456 e. The summed E-state index contributed by atoms with van der Waals surface area (Å²) in [6, 6.07) is 6.82. The zero-order valence-corrected chi connectivity index (χ0v) is 17.9. The summed E-state index contributed by atoms with van der Waals surface area (Å²) in [5.74, 6) is 0.786. The monoisotopic (exact) mass is 408 g/mol. The number of carbonyl (C=O) groups excluding carboxylic acids is 2. The Balaban J connectivity index is 0.00000280. The fourth-order valence-electron chi connectivity index (χ4n) is 4.33. The van der Waals surface area contributed by atoms with Gasteiger partial charge in [-0.15, -0.1) is 12.4 Å². The van der Waals surface area contributed by atoms with Gasteiger partial charge in [-0.1, -0.05) is 32.1 Å². The van der Waals surface area contributed by atoms with Gasteiger partial charge in [-0.3, -0.25) is 4.79 Å². The molecule has 2 aliphatic rings. The number of benzene rings is 1. The van der Waals surface area contributed by atoms with Gasteiger partial charge in [0.05, 0.1) is 11.6 Å². The van der Waals surface area contributed by atoms with Gasteiger partial charge in [0.15, 0.2) is 0 Å². The number of hydrogen-bond acceptors (Lipinski definition) is 4. The summed E-state index contributed by atoms with van der Waals surface area (Å²) < 4.78 is 5.37. The molecule has 0 bridgehead atoms. The summed E-state index contributed by atoms with van der Waals surface area (Å²) >= 11 is 0. The molecule has 2 N–H and O–H groups in total. The summed E-state index contributed by atoms with van der Waals surface area (Å²) in [5, 5.41) is 6.41. The first-order chi connectivity index (χ1) is 12.8. The number of rotatable bonds is 4. The molecule has 0 spiro atoms. The number of esters is 1. The number of halogens is 1. The molecule has 2 fully saturated rings. The minimum atomic E-state index is -0.522. The summed E-state index contributed by atoms with van der Waals surface area (Å²) in [7, 11) is 0. The van der Waals surface area contributed by atoms with E-state index in [-0.39, 0.29) is 30.3 Å². The van der Waals surface area contributed by atoms with Crippen LogP contribution in [-0.2, 0) is 9.53 Å². The van der Waals surface area contributed by atoms with Crippen molar-refractivity contribution in [1.82, 2.24) is 5.32 Å². The first-order valence-corrected chi connectivity index (χ1v) is 10.2. The van der Waals surface area contributed by atoms with Crippen LogP contribution in [0, 0.1) is 11.8 Å². The summed E-state index contributed by atoms with van der Waals surface area (Å²) in [5.41, 5.74) is 0.678. The molecular weight excluding hydrogens is 376 g/mol. The van der Waals surface area contributed by atoms with E-state index >= 15 is 0 Å². The lowest BCUT2D eigenvalue weighted by Crippen LogP contribution is -2.42. The SMILES string of the molecule is CC(C)(C)OC(=O)c1ccc(NC(=O)[C@@H]2NCC[C@H]2C2CCCCC2)cc1.Cl. The van der Waals surface area contributed by atoms with Gasteiger partial charge >= 0.3 is 5.97 Å². The van der Waals surface area contributed by atoms with Gasteiger partial charge in [0.1, 0.15) is 5.60 Å². The largest absolute Gasteiger partial charge is 0.456 e. The van der Waals surface area contributed by atoms with E-state index in [1.165, 1.54) is 32.1 Å². The van der Waals surface area contributed by atoms with Crippen LogP contribution in [0.5, 0.6) is 0 Å². The average Bonchev–Trinajstić information content (AvgIpc) is 3.11. The average molecular weight is 409 g/mol. The third-order valence-electron chi connectivity index (χ3n) is 5.59.